The van der Waals surface area contributed by atoms with Crippen LogP contribution in [0.1, 0.15) is 12.5 Å². The molecule has 0 saturated carbocycles. The summed E-state index contributed by atoms with van der Waals surface area (Å²) in [6.45, 7) is 1.93. The van der Waals surface area contributed by atoms with Crippen LogP contribution in [0.4, 0.5) is 17.6 Å². The molecule has 1 aliphatic rings. The van der Waals surface area contributed by atoms with Gasteiger partial charge in [-0.25, -0.2) is 9.38 Å². The van der Waals surface area contributed by atoms with Crippen molar-refractivity contribution in [1.82, 2.24) is 4.90 Å². The number of halogens is 5. The van der Waals surface area contributed by atoms with E-state index in [2.05, 4.69) is 9.73 Å². The van der Waals surface area contributed by atoms with Gasteiger partial charge in [-0.15, -0.1) is 13.2 Å². The Morgan fingerprint density at radius 1 is 1.33 bits per heavy atom. The number of alkyl halides is 4. The normalized spacial score (nSPS) is 16.9. The van der Waals surface area contributed by atoms with Crippen LogP contribution in [0.2, 0.25) is 0 Å². The number of hydrogen-bond acceptors (Lipinski definition) is 4. The van der Waals surface area contributed by atoms with Gasteiger partial charge in [0, 0.05) is 6.54 Å². The number of amidine groups is 1. The molecule has 0 aromatic heterocycles. The fourth-order valence-electron chi connectivity index (χ4n) is 2.32. The quantitative estimate of drug-likeness (QED) is 0.812. The molecular weight excluding hydrogens is 350 g/mol. The van der Waals surface area contributed by atoms with E-state index >= 15 is 0 Å². The summed E-state index contributed by atoms with van der Waals surface area (Å²) in [4.78, 5) is 5.67. The maximum absolute atomic E-state index is 13.8. The van der Waals surface area contributed by atoms with Crippen molar-refractivity contribution in [3.8, 4) is 5.75 Å². The van der Waals surface area contributed by atoms with Crippen LogP contribution in [0.25, 0.3) is 0 Å². The number of hydrogen-bond donors (Lipinski definition) is 1. The predicted molar refractivity (Wildman–Crippen MR) is 83.5 cm³/mol. The van der Waals surface area contributed by atoms with Crippen molar-refractivity contribution in [2.75, 3.05) is 13.2 Å². The molecule has 9 heteroatoms. The van der Waals surface area contributed by atoms with Crippen LogP contribution in [-0.2, 0) is 6.42 Å². The Labute approximate surface area is 141 Å². The number of ether oxygens (including phenoxy) is 1. The zero-order valence-corrected chi connectivity index (χ0v) is 13.5. The van der Waals surface area contributed by atoms with Gasteiger partial charge in [0.25, 0.3) is 0 Å². The molecule has 0 bridgehead atoms. The Morgan fingerprint density at radius 2 is 1.96 bits per heavy atom. The van der Waals surface area contributed by atoms with Gasteiger partial charge in [-0.1, -0.05) is 23.7 Å². The van der Waals surface area contributed by atoms with Crippen LogP contribution in [0.3, 0.4) is 0 Å². The van der Waals surface area contributed by atoms with Crippen molar-refractivity contribution in [1.29, 1.82) is 0 Å². The maximum Gasteiger partial charge on any atom is 0.573 e. The lowest BCUT2D eigenvalue weighted by atomic mass is 10.1. The van der Waals surface area contributed by atoms with Gasteiger partial charge < -0.3 is 15.4 Å². The van der Waals surface area contributed by atoms with Crippen LogP contribution < -0.4 is 10.5 Å². The highest BCUT2D eigenvalue weighted by Gasteiger charge is 2.31. The zero-order valence-electron chi connectivity index (χ0n) is 12.8. The molecule has 0 aliphatic carbocycles. The van der Waals surface area contributed by atoms with E-state index in [0.717, 1.165) is 5.56 Å². The van der Waals surface area contributed by atoms with Gasteiger partial charge in [-0.3, -0.25) is 0 Å². The molecule has 2 N–H and O–H groups in total. The summed E-state index contributed by atoms with van der Waals surface area (Å²) in [5, 5.41) is 0.0881. The minimum absolute atomic E-state index is 0.0881. The monoisotopic (exact) mass is 365 g/mol. The highest BCUT2D eigenvalue weighted by Crippen LogP contribution is 2.25. The third-order valence-corrected chi connectivity index (χ3v) is 3.79. The summed E-state index contributed by atoms with van der Waals surface area (Å²) in [7, 11) is 0. The van der Waals surface area contributed by atoms with Gasteiger partial charge in [-0.2, -0.15) is 0 Å². The van der Waals surface area contributed by atoms with Crippen LogP contribution >= 0.6 is 11.6 Å². The molecule has 1 aliphatic heterocycles. The SMILES string of the molecule is CC(F)C1=C(Cl)C(N)=NCN1CCc1ccc(OC(F)(F)F)cc1. The molecule has 0 radical (unpaired) electrons. The highest BCUT2D eigenvalue weighted by atomic mass is 35.5. The average molecular weight is 366 g/mol. The molecule has 0 fully saturated rings. The minimum atomic E-state index is -4.72. The summed E-state index contributed by atoms with van der Waals surface area (Å²) in [5.74, 6) is -0.191. The number of allylic oxidation sites excluding steroid dienone is 1. The molecule has 1 heterocycles. The second-order valence-electron chi connectivity index (χ2n) is 5.21. The van der Waals surface area contributed by atoms with E-state index in [9.17, 15) is 17.6 Å². The lowest BCUT2D eigenvalue weighted by Crippen LogP contribution is -2.36. The first kappa shape index (κ1) is 18.4. The molecule has 0 saturated heterocycles. The van der Waals surface area contributed by atoms with Crippen molar-refractivity contribution in [2.45, 2.75) is 25.9 Å². The maximum atomic E-state index is 13.8. The van der Waals surface area contributed by atoms with Crippen LogP contribution in [0, 0.1) is 0 Å². The van der Waals surface area contributed by atoms with Crippen molar-refractivity contribution < 1.29 is 22.3 Å². The smallest absolute Gasteiger partial charge is 0.406 e. The van der Waals surface area contributed by atoms with Gasteiger partial charge in [0.1, 0.15) is 29.5 Å². The first-order valence-electron chi connectivity index (χ1n) is 7.11. The van der Waals surface area contributed by atoms with Crippen molar-refractivity contribution >= 4 is 17.4 Å². The summed E-state index contributed by atoms with van der Waals surface area (Å²) in [6, 6.07) is 5.51. The Hall–Kier alpha value is -1.96. The largest absolute Gasteiger partial charge is 0.573 e. The van der Waals surface area contributed by atoms with Crippen molar-refractivity contribution in [3.63, 3.8) is 0 Å². The van der Waals surface area contributed by atoms with E-state index in [-0.39, 0.29) is 29.0 Å². The van der Waals surface area contributed by atoms with E-state index in [1.165, 1.54) is 31.2 Å². The highest BCUT2D eigenvalue weighted by molar-refractivity contribution is 6.43. The van der Waals surface area contributed by atoms with Gasteiger partial charge >= 0.3 is 6.36 Å². The molecule has 1 aromatic carbocycles. The number of nitrogens with zero attached hydrogens (tertiary/aromatic N) is 2. The standard InChI is InChI=1S/C15H16ClF4N3O/c1-9(17)13-12(16)14(21)22-8-23(13)7-6-10-2-4-11(5-3-10)24-15(18,19)20/h2-5,9H,6-8H2,1H3,(H2,21,22). The number of aliphatic imine (C=N–C) groups is 1. The van der Waals surface area contributed by atoms with Gasteiger partial charge in [0.2, 0.25) is 0 Å². The Balaban J connectivity index is 2.01. The first-order chi connectivity index (χ1) is 11.2. The minimum Gasteiger partial charge on any atom is -0.406 e. The third-order valence-electron chi connectivity index (χ3n) is 3.41. The summed E-state index contributed by atoms with van der Waals surface area (Å²) >= 11 is 6.01. The fourth-order valence-corrected chi connectivity index (χ4v) is 2.65. The van der Waals surface area contributed by atoms with Crippen molar-refractivity contribution in [2.24, 2.45) is 10.7 Å². The van der Waals surface area contributed by atoms with E-state index in [0.29, 0.717) is 13.0 Å². The number of benzene rings is 1. The molecule has 1 aromatic rings. The molecule has 132 valence electrons. The third kappa shape index (κ3) is 4.77. The Bertz CT molecular complexity index is 641. The van der Waals surface area contributed by atoms with Gasteiger partial charge in [0.15, 0.2) is 0 Å². The zero-order chi connectivity index (χ0) is 17.9. The van der Waals surface area contributed by atoms with Gasteiger partial charge in [-0.05, 0) is 31.0 Å². The Morgan fingerprint density at radius 3 is 2.50 bits per heavy atom. The molecule has 0 amide bonds. The van der Waals surface area contributed by atoms with Crippen molar-refractivity contribution in [3.05, 3.63) is 40.6 Å². The number of rotatable bonds is 5. The second kappa shape index (κ2) is 7.29. The molecule has 0 spiro atoms. The number of nitrogens with two attached hydrogens (primary N) is 1. The van der Waals surface area contributed by atoms with E-state index in [4.69, 9.17) is 17.3 Å². The molecule has 24 heavy (non-hydrogen) atoms. The molecule has 1 atom stereocenters. The average Bonchev–Trinajstić information content (AvgIpc) is 2.48. The molecule has 1 unspecified atom stereocenters. The van der Waals surface area contributed by atoms with Crippen LogP contribution in [-0.4, -0.2) is 36.5 Å². The first-order valence-corrected chi connectivity index (χ1v) is 7.49. The fraction of sp³-hybridized carbons (Fsp3) is 0.400. The van der Waals surface area contributed by atoms with Crippen LogP contribution in [0.15, 0.2) is 40.0 Å². The van der Waals surface area contributed by atoms with Crippen LogP contribution in [0.5, 0.6) is 5.75 Å². The van der Waals surface area contributed by atoms with Gasteiger partial charge in [0.05, 0.1) is 5.70 Å². The molecule has 2 rings (SSSR count). The summed E-state index contributed by atoms with van der Waals surface area (Å²) < 4.78 is 53.9. The topological polar surface area (TPSA) is 50.8 Å². The lowest BCUT2D eigenvalue weighted by molar-refractivity contribution is -0.274. The Kier molecular flexibility index (Phi) is 5.58. The molecule has 4 nitrogen and oxygen atoms in total. The summed E-state index contributed by atoms with van der Waals surface area (Å²) in [5.41, 5.74) is 6.64. The molecular formula is C15H16ClF4N3O. The van der Waals surface area contributed by atoms with E-state index in [1.54, 1.807) is 4.90 Å². The second-order valence-corrected chi connectivity index (χ2v) is 5.58. The van der Waals surface area contributed by atoms with E-state index < -0.39 is 12.5 Å². The predicted octanol–water partition coefficient (Wildman–Crippen LogP) is 3.57. The summed E-state index contributed by atoms with van der Waals surface area (Å²) in [6.07, 6.45) is -5.56. The lowest BCUT2D eigenvalue weighted by Gasteiger charge is -2.31. The van der Waals surface area contributed by atoms with E-state index in [1.807, 2.05) is 0 Å².